The van der Waals surface area contributed by atoms with E-state index in [0.717, 1.165) is 12.8 Å². The minimum atomic E-state index is -0.358. The van der Waals surface area contributed by atoms with E-state index in [-0.39, 0.29) is 17.8 Å². The third-order valence-electron chi connectivity index (χ3n) is 4.21. The standard InChI is InChI=1S/C17H16FN5O/c18-12-4-5-14(23-9-2-7-21-23)13(11-12)16-19-8-10-22(16)15-3-1-6-20-17(15)24/h2,4-5,7-11,15H,1,3,6H2,(H,20,24)/t15-/m1/s1. The average Bonchev–Trinajstić information content (AvgIpc) is 3.27. The van der Waals surface area contributed by atoms with Crippen LogP contribution in [0.5, 0.6) is 0 Å². The second-order valence-electron chi connectivity index (χ2n) is 5.72. The van der Waals surface area contributed by atoms with Gasteiger partial charge >= 0.3 is 0 Å². The van der Waals surface area contributed by atoms with E-state index in [2.05, 4.69) is 15.4 Å². The number of amides is 1. The Kier molecular flexibility index (Phi) is 3.60. The van der Waals surface area contributed by atoms with Crippen molar-refractivity contribution in [2.24, 2.45) is 0 Å². The molecule has 6 nitrogen and oxygen atoms in total. The van der Waals surface area contributed by atoms with Crippen molar-refractivity contribution >= 4 is 5.91 Å². The monoisotopic (exact) mass is 325 g/mol. The second-order valence-corrected chi connectivity index (χ2v) is 5.72. The van der Waals surface area contributed by atoms with Gasteiger partial charge < -0.3 is 9.88 Å². The molecule has 7 heteroatoms. The molecular weight excluding hydrogens is 309 g/mol. The van der Waals surface area contributed by atoms with Crippen molar-refractivity contribution in [3.05, 3.63) is 54.9 Å². The molecule has 1 fully saturated rings. The van der Waals surface area contributed by atoms with Crippen molar-refractivity contribution in [1.29, 1.82) is 0 Å². The predicted octanol–water partition coefficient (Wildman–Crippen LogP) is 2.33. The molecule has 0 unspecified atom stereocenters. The zero-order valence-electron chi connectivity index (χ0n) is 12.9. The average molecular weight is 325 g/mol. The zero-order valence-corrected chi connectivity index (χ0v) is 12.9. The third-order valence-corrected chi connectivity index (χ3v) is 4.21. The van der Waals surface area contributed by atoms with Crippen molar-refractivity contribution in [3.8, 4) is 17.1 Å². The highest BCUT2D eigenvalue weighted by Gasteiger charge is 2.26. The molecule has 0 saturated carbocycles. The summed E-state index contributed by atoms with van der Waals surface area (Å²) in [6.07, 6.45) is 8.49. The van der Waals surface area contributed by atoms with Gasteiger partial charge in [0, 0.05) is 36.9 Å². The summed E-state index contributed by atoms with van der Waals surface area (Å²) in [4.78, 5) is 16.6. The number of nitrogens with one attached hydrogen (secondary N) is 1. The molecule has 0 radical (unpaired) electrons. The lowest BCUT2D eigenvalue weighted by Crippen LogP contribution is -2.37. The van der Waals surface area contributed by atoms with Crippen molar-refractivity contribution in [2.75, 3.05) is 6.54 Å². The summed E-state index contributed by atoms with van der Waals surface area (Å²) in [6, 6.07) is 5.95. The summed E-state index contributed by atoms with van der Waals surface area (Å²) in [5, 5.41) is 7.10. The Morgan fingerprint density at radius 1 is 1.25 bits per heavy atom. The van der Waals surface area contributed by atoms with E-state index >= 15 is 0 Å². The minimum Gasteiger partial charge on any atom is -0.354 e. The maximum atomic E-state index is 13.9. The van der Waals surface area contributed by atoms with Gasteiger partial charge in [-0.2, -0.15) is 5.10 Å². The van der Waals surface area contributed by atoms with Gasteiger partial charge in [0.05, 0.1) is 5.69 Å². The zero-order chi connectivity index (χ0) is 16.5. The summed E-state index contributed by atoms with van der Waals surface area (Å²) in [6.45, 7) is 0.692. The maximum absolute atomic E-state index is 13.9. The number of halogens is 1. The lowest BCUT2D eigenvalue weighted by atomic mass is 10.1. The van der Waals surface area contributed by atoms with Crippen molar-refractivity contribution in [3.63, 3.8) is 0 Å². The van der Waals surface area contributed by atoms with Gasteiger partial charge in [-0.15, -0.1) is 0 Å². The molecule has 2 aromatic heterocycles. The molecule has 1 atom stereocenters. The van der Waals surface area contributed by atoms with Crippen molar-refractivity contribution < 1.29 is 9.18 Å². The molecule has 1 aliphatic rings. The lowest BCUT2D eigenvalue weighted by molar-refractivity contribution is -0.125. The van der Waals surface area contributed by atoms with Crippen LogP contribution in [0.2, 0.25) is 0 Å². The number of piperidine rings is 1. The predicted molar refractivity (Wildman–Crippen MR) is 86.0 cm³/mol. The molecule has 24 heavy (non-hydrogen) atoms. The summed E-state index contributed by atoms with van der Waals surface area (Å²) in [7, 11) is 0. The van der Waals surface area contributed by atoms with E-state index in [4.69, 9.17) is 0 Å². The topological polar surface area (TPSA) is 64.7 Å². The number of carbonyl (C=O) groups is 1. The van der Waals surface area contributed by atoms with Crippen LogP contribution in [0.15, 0.2) is 49.1 Å². The van der Waals surface area contributed by atoms with Crippen LogP contribution >= 0.6 is 0 Å². The largest absolute Gasteiger partial charge is 0.354 e. The normalized spacial score (nSPS) is 17.7. The Balaban J connectivity index is 1.85. The quantitative estimate of drug-likeness (QED) is 0.804. The van der Waals surface area contributed by atoms with E-state index < -0.39 is 0 Å². The Bertz CT molecular complexity index is 871. The highest BCUT2D eigenvalue weighted by Crippen LogP contribution is 2.30. The van der Waals surface area contributed by atoms with Crippen molar-refractivity contribution in [2.45, 2.75) is 18.9 Å². The Hall–Kier alpha value is -2.96. The molecule has 0 aliphatic carbocycles. The summed E-state index contributed by atoms with van der Waals surface area (Å²) < 4.78 is 17.4. The maximum Gasteiger partial charge on any atom is 0.243 e. The Labute approximate surface area is 137 Å². The molecule has 3 heterocycles. The van der Waals surface area contributed by atoms with Crippen LogP contribution in [0.1, 0.15) is 18.9 Å². The highest BCUT2D eigenvalue weighted by atomic mass is 19.1. The third kappa shape index (κ3) is 2.47. The van der Waals surface area contributed by atoms with E-state index in [1.807, 2.05) is 4.57 Å². The molecule has 1 saturated heterocycles. The number of benzene rings is 1. The number of rotatable bonds is 3. The Morgan fingerprint density at radius 2 is 2.17 bits per heavy atom. The van der Waals surface area contributed by atoms with E-state index in [0.29, 0.717) is 23.6 Å². The SMILES string of the molecule is O=C1NCCC[C@H]1n1ccnc1-c1cc(F)ccc1-n1cccn1. The number of carbonyl (C=O) groups excluding carboxylic acids is 1. The van der Waals surface area contributed by atoms with Gasteiger partial charge in [-0.25, -0.2) is 14.1 Å². The fraction of sp³-hybridized carbons (Fsp3) is 0.235. The van der Waals surface area contributed by atoms with E-state index in [9.17, 15) is 9.18 Å². The van der Waals surface area contributed by atoms with Gasteiger partial charge in [-0.3, -0.25) is 4.79 Å². The minimum absolute atomic E-state index is 0.0301. The fourth-order valence-corrected chi connectivity index (χ4v) is 3.09. The summed E-state index contributed by atoms with van der Waals surface area (Å²) >= 11 is 0. The summed E-state index contributed by atoms with van der Waals surface area (Å²) in [5.41, 5.74) is 1.31. The van der Waals surface area contributed by atoms with Crippen LogP contribution in [0.3, 0.4) is 0 Å². The highest BCUT2D eigenvalue weighted by molar-refractivity contribution is 5.82. The van der Waals surface area contributed by atoms with Gasteiger partial charge in [0.2, 0.25) is 5.91 Å². The van der Waals surface area contributed by atoms with Crippen LogP contribution in [-0.2, 0) is 4.79 Å². The van der Waals surface area contributed by atoms with Crippen LogP contribution in [0.25, 0.3) is 17.1 Å². The van der Waals surface area contributed by atoms with Crippen LogP contribution in [0.4, 0.5) is 4.39 Å². The number of aromatic nitrogens is 4. The second kappa shape index (κ2) is 5.92. The first-order valence-corrected chi connectivity index (χ1v) is 7.84. The molecule has 1 aromatic carbocycles. The van der Waals surface area contributed by atoms with E-state index in [1.165, 1.54) is 12.1 Å². The number of hydrogen-bond donors (Lipinski definition) is 1. The first kappa shape index (κ1) is 14.6. The number of hydrogen-bond acceptors (Lipinski definition) is 3. The lowest BCUT2D eigenvalue weighted by Gasteiger charge is -2.25. The van der Waals surface area contributed by atoms with Crippen LogP contribution < -0.4 is 5.32 Å². The smallest absolute Gasteiger partial charge is 0.243 e. The molecule has 1 N–H and O–H groups in total. The molecule has 1 amide bonds. The molecule has 122 valence electrons. The first-order chi connectivity index (χ1) is 11.7. The summed E-state index contributed by atoms with van der Waals surface area (Å²) in [5.74, 6) is 0.170. The van der Waals surface area contributed by atoms with Crippen LogP contribution in [0, 0.1) is 5.82 Å². The molecule has 1 aliphatic heterocycles. The van der Waals surface area contributed by atoms with Gasteiger partial charge in [0.25, 0.3) is 0 Å². The first-order valence-electron chi connectivity index (χ1n) is 7.84. The molecule has 0 bridgehead atoms. The molecule has 4 rings (SSSR count). The van der Waals surface area contributed by atoms with Gasteiger partial charge in [-0.05, 0) is 37.1 Å². The molecule has 3 aromatic rings. The Morgan fingerprint density at radius 3 is 2.96 bits per heavy atom. The van der Waals surface area contributed by atoms with Gasteiger partial charge in [0.1, 0.15) is 17.7 Å². The van der Waals surface area contributed by atoms with Crippen LogP contribution in [-0.4, -0.2) is 31.8 Å². The van der Waals surface area contributed by atoms with Crippen molar-refractivity contribution in [1.82, 2.24) is 24.6 Å². The van der Waals surface area contributed by atoms with Gasteiger partial charge in [-0.1, -0.05) is 0 Å². The number of imidazole rings is 1. The molecular formula is C17H16FN5O. The number of nitrogens with zero attached hydrogens (tertiary/aromatic N) is 4. The van der Waals surface area contributed by atoms with E-state index in [1.54, 1.807) is 41.6 Å². The molecule has 0 spiro atoms. The van der Waals surface area contributed by atoms with Gasteiger partial charge in [0.15, 0.2) is 0 Å². The fourth-order valence-electron chi connectivity index (χ4n) is 3.09.